The summed E-state index contributed by atoms with van der Waals surface area (Å²) in [5, 5.41) is 0. The predicted octanol–water partition coefficient (Wildman–Crippen LogP) is 4.21. The molecule has 134 valence electrons. The number of nitrogens with zero attached hydrogens (tertiary/aromatic N) is 1. The molecule has 0 aromatic carbocycles. The lowest BCUT2D eigenvalue weighted by atomic mass is 9.47. The SMILES string of the molecule is C[C@@H]1[C@H]2CC[C@@H]3[C@@H]4CC=C5C[C@@H](N)CC[C@]5(C)[C@@H]4CC[C@@]32CN1C. The van der Waals surface area contributed by atoms with Gasteiger partial charge in [-0.05, 0) is 99.8 Å². The van der Waals surface area contributed by atoms with Gasteiger partial charge in [-0.25, -0.2) is 0 Å². The molecule has 0 unspecified atom stereocenters. The van der Waals surface area contributed by atoms with Crippen LogP contribution in [0.1, 0.15) is 65.2 Å². The van der Waals surface area contributed by atoms with Crippen molar-refractivity contribution in [2.24, 2.45) is 40.2 Å². The highest BCUT2D eigenvalue weighted by molar-refractivity contribution is 5.26. The van der Waals surface area contributed by atoms with E-state index in [-0.39, 0.29) is 0 Å². The summed E-state index contributed by atoms with van der Waals surface area (Å²) in [6.45, 7) is 6.48. The van der Waals surface area contributed by atoms with Crippen molar-refractivity contribution in [2.45, 2.75) is 77.3 Å². The van der Waals surface area contributed by atoms with Gasteiger partial charge in [0.2, 0.25) is 0 Å². The van der Waals surface area contributed by atoms with Crippen LogP contribution in [-0.2, 0) is 0 Å². The number of likely N-dealkylation sites (tertiary alicyclic amines) is 1. The zero-order valence-electron chi connectivity index (χ0n) is 15.9. The molecule has 0 aromatic heterocycles. The number of hydrogen-bond acceptors (Lipinski definition) is 2. The van der Waals surface area contributed by atoms with Crippen LogP contribution in [0.4, 0.5) is 0 Å². The lowest BCUT2D eigenvalue weighted by Gasteiger charge is -2.58. The molecule has 3 saturated carbocycles. The first-order chi connectivity index (χ1) is 11.5. The maximum atomic E-state index is 6.31. The van der Waals surface area contributed by atoms with Gasteiger partial charge in [-0.1, -0.05) is 18.6 Å². The van der Waals surface area contributed by atoms with Crippen molar-refractivity contribution >= 4 is 0 Å². The summed E-state index contributed by atoms with van der Waals surface area (Å²) in [5.41, 5.74) is 9.20. The topological polar surface area (TPSA) is 29.3 Å². The predicted molar refractivity (Wildman–Crippen MR) is 99.6 cm³/mol. The third kappa shape index (κ3) is 1.85. The van der Waals surface area contributed by atoms with Crippen LogP contribution < -0.4 is 5.73 Å². The monoisotopic (exact) mass is 328 g/mol. The highest BCUT2D eigenvalue weighted by Gasteiger charge is 2.63. The van der Waals surface area contributed by atoms with Gasteiger partial charge in [-0.15, -0.1) is 0 Å². The van der Waals surface area contributed by atoms with E-state index in [1.807, 2.05) is 0 Å². The molecule has 24 heavy (non-hydrogen) atoms. The molecule has 5 aliphatic rings. The molecule has 0 radical (unpaired) electrons. The first kappa shape index (κ1) is 15.9. The molecule has 2 heteroatoms. The Bertz CT molecular complexity index is 568. The molecule has 0 amide bonds. The maximum Gasteiger partial charge on any atom is 0.00982 e. The number of allylic oxidation sites excluding steroid dienone is 1. The van der Waals surface area contributed by atoms with Gasteiger partial charge in [0, 0.05) is 18.6 Å². The van der Waals surface area contributed by atoms with Crippen molar-refractivity contribution in [2.75, 3.05) is 13.6 Å². The van der Waals surface area contributed by atoms with Crippen molar-refractivity contribution in [3.8, 4) is 0 Å². The van der Waals surface area contributed by atoms with Crippen LogP contribution in [0.15, 0.2) is 11.6 Å². The van der Waals surface area contributed by atoms with E-state index in [4.69, 9.17) is 5.73 Å². The average molecular weight is 329 g/mol. The van der Waals surface area contributed by atoms with Crippen LogP contribution in [-0.4, -0.2) is 30.6 Å². The van der Waals surface area contributed by atoms with Crippen LogP contribution in [0.5, 0.6) is 0 Å². The Morgan fingerprint density at radius 1 is 1.08 bits per heavy atom. The van der Waals surface area contributed by atoms with Gasteiger partial charge in [0.05, 0.1) is 0 Å². The largest absolute Gasteiger partial charge is 0.327 e. The maximum absolute atomic E-state index is 6.31. The lowest BCUT2D eigenvalue weighted by molar-refractivity contribution is -0.0397. The molecule has 0 bridgehead atoms. The van der Waals surface area contributed by atoms with E-state index in [0.717, 1.165) is 29.7 Å². The van der Waals surface area contributed by atoms with Gasteiger partial charge in [0.15, 0.2) is 0 Å². The third-order valence-electron chi connectivity index (χ3n) is 9.75. The molecule has 1 aliphatic heterocycles. The van der Waals surface area contributed by atoms with E-state index in [0.29, 0.717) is 16.9 Å². The summed E-state index contributed by atoms with van der Waals surface area (Å²) in [6, 6.07) is 1.24. The van der Waals surface area contributed by atoms with Crippen molar-refractivity contribution in [1.29, 1.82) is 0 Å². The first-order valence-corrected chi connectivity index (χ1v) is 10.6. The van der Waals surface area contributed by atoms with Crippen LogP contribution >= 0.6 is 0 Å². The Morgan fingerprint density at radius 2 is 1.88 bits per heavy atom. The van der Waals surface area contributed by atoms with Crippen molar-refractivity contribution < 1.29 is 0 Å². The first-order valence-electron chi connectivity index (χ1n) is 10.6. The molecular formula is C22H36N2. The molecule has 2 nitrogen and oxygen atoms in total. The Kier molecular flexibility index (Phi) is 3.37. The Hall–Kier alpha value is -0.340. The highest BCUT2D eigenvalue weighted by Crippen LogP contribution is 2.68. The highest BCUT2D eigenvalue weighted by atomic mass is 15.2. The summed E-state index contributed by atoms with van der Waals surface area (Å²) in [7, 11) is 2.38. The number of fused-ring (bicyclic) bond motifs is 4. The van der Waals surface area contributed by atoms with E-state index in [9.17, 15) is 0 Å². The summed E-state index contributed by atoms with van der Waals surface area (Å²) >= 11 is 0. The smallest absolute Gasteiger partial charge is 0.00982 e. The van der Waals surface area contributed by atoms with Gasteiger partial charge in [-0.2, -0.15) is 0 Å². The minimum Gasteiger partial charge on any atom is -0.327 e. The summed E-state index contributed by atoms with van der Waals surface area (Å²) in [5.74, 6) is 3.89. The summed E-state index contributed by atoms with van der Waals surface area (Å²) in [6.07, 6.45) is 13.8. The molecular weight excluding hydrogens is 292 g/mol. The number of nitrogens with two attached hydrogens (primary N) is 1. The second-order valence-electron chi connectivity index (χ2n) is 10.4. The van der Waals surface area contributed by atoms with Crippen LogP contribution in [0.2, 0.25) is 0 Å². The molecule has 8 atom stereocenters. The minimum atomic E-state index is 0.427. The van der Waals surface area contributed by atoms with Crippen LogP contribution in [0.25, 0.3) is 0 Å². The molecule has 1 heterocycles. The Balaban J connectivity index is 1.49. The van der Waals surface area contributed by atoms with E-state index in [1.165, 1.54) is 57.9 Å². The number of rotatable bonds is 0. The Labute approximate surface area is 148 Å². The van der Waals surface area contributed by atoms with Crippen molar-refractivity contribution in [3.63, 3.8) is 0 Å². The van der Waals surface area contributed by atoms with E-state index in [2.05, 4.69) is 31.9 Å². The molecule has 1 spiro atoms. The molecule has 4 aliphatic carbocycles. The van der Waals surface area contributed by atoms with Gasteiger partial charge in [0.25, 0.3) is 0 Å². The van der Waals surface area contributed by atoms with Crippen molar-refractivity contribution in [3.05, 3.63) is 11.6 Å². The average Bonchev–Trinajstić information content (AvgIpc) is 3.03. The standard InChI is InChI=1S/C22H36N2/c1-14-18-6-7-20-17-5-4-15-12-16(23)8-10-21(15,2)19(17)9-11-22(18,20)13-24(14)3/h4,14,16-20H,5-13,23H2,1-3H3/t14-,16+,17-,18-,19-,20-,21+,22+/m1/s1. The molecule has 1 saturated heterocycles. The van der Waals surface area contributed by atoms with Gasteiger partial charge >= 0.3 is 0 Å². The fourth-order valence-corrected chi connectivity index (χ4v) is 8.49. The second kappa shape index (κ2) is 5.10. The van der Waals surface area contributed by atoms with Gasteiger partial charge in [0.1, 0.15) is 0 Å². The third-order valence-corrected chi connectivity index (χ3v) is 9.75. The Morgan fingerprint density at radius 3 is 2.71 bits per heavy atom. The summed E-state index contributed by atoms with van der Waals surface area (Å²) in [4.78, 5) is 2.68. The molecule has 0 aromatic rings. The lowest BCUT2D eigenvalue weighted by Crippen LogP contribution is -2.52. The zero-order valence-corrected chi connectivity index (χ0v) is 15.9. The van der Waals surface area contributed by atoms with Crippen LogP contribution in [0, 0.1) is 34.5 Å². The molecule has 2 N–H and O–H groups in total. The van der Waals surface area contributed by atoms with E-state index < -0.39 is 0 Å². The zero-order chi connectivity index (χ0) is 16.7. The minimum absolute atomic E-state index is 0.427. The normalized spacial score (nSPS) is 56.9. The fourth-order valence-electron chi connectivity index (χ4n) is 8.49. The quantitative estimate of drug-likeness (QED) is 0.675. The van der Waals surface area contributed by atoms with Crippen LogP contribution in [0.3, 0.4) is 0 Å². The number of hydrogen-bond donors (Lipinski definition) is 1. The molecule has 5 rings (SSSR count). The summed E-state index contributed by atoms with van der Waals surface area (Å²) < 4.78 is 0. The second-order valence-corrected chi connectivity index (χ2v) is 10.4. The van der Waals surface area contributed by atoms with E-state index >= 15 is 0 Å². The van der Waals surface area contributed by atoms with Gasteiger partial charge < -0.3 is 10.6 Å². The fraction of sp³-hybridized carbons (Fsp3) is 0.909. The van der Waals surface area contributed by atoms with Crippen molar-refractivity contribution in [1.82, 2.24) is 4.90 Å². The van der Waals surface area contributed by atoms with E-state index in [1.54, 1.807) is 5.57 Å². The van der Waals surface area contributed by atoms with Gasteiger partial charge in [-0.3, -0.25) is 0 Å². The molecule has 4 fully saturated rings.